The van der Waals surface area contributed by atoms with Crippen LogP contribution in [0.3, 0.4) is 0 Å². The molecular weight excluding hydrogens is 198 g/mol. The number of anilines is 1. The second kappa shape index (κ2) is 5.30. The maximum atomic E-state index is 5.88. The highest BCUT2D eigenvalue weighted by atomic mass is 15.1. The van der Waals surface area contributed by atoms with Crippen molar-refractivity contribution in [3.63, 3.8) is 0 Å². The van der Waals surface area contributed by atoms with Gasteiger partial charge in [0.05, 0.1) is 0 Å². The summed E-state index contributed by atoms with van der Waals surface area (Å²) in [7, 11) is 0. The van der Waals surface area contributed by atoms with Crippen LogP contribution in [0.4, 0.5) is 5.82 Å². The van der Waals surface area contributed by atoms with E-state index in [0.717, 1.165) is 12.1 Å². The van der Waals surface area contributed by atoms with Crippen LogP contribution in [0.2, 0.25) is 0 Å². The number of aromatic nitrogens is 1. The number of hydrogen-bond acceptors (Lipinski definition) is 3. The van der Waals surface area contributed by atoms with Crippen molar-refractivity contribution >= 4 is 5.82 Å². The molecule has 1 atom stereocenters. The van der Waals surface area contributed by atoms with Crippen LogP contribution in [0.5, 0.6) is 0 Å². The van der Waals surface area contributed by atoms with Crippen LogP contribution >= 0.6 is 0 Å². The number of pyridine rings is 1. The topological polar surface area (TPSA) is 42.2 Å². The fraction of sp³-hybridized carbons (Fsp3) is 0.615. The first-order valence-electron chi connectivity index (χ1n) is 6.21. The zero-order valence-corrected chi connectivity index (χ0v) is 10.0. The molecule has 3 heteroatoms. The van der Waals surface area contributed by atoms with E-state index in [1.807, 2.05) is 6.07 Å². The molecule has 3 nitrogen and oxygen atoms in total. The Balaban J connectivity index is 2.05. The molecule has 1 aromatic rings. The van der Waals surface area contributed by atoms with Gasteiger partial charge in [0.25, 0.3) is 0 Å². The molecule has 1 fully saturated rings. The van der Waals surface area contributed by atoms with Crippen LogP contribution in [0.1, 0.15) is 38.2 Å². The van der Waals surface area contributed by atoms with Gasteiger partial charge in [-0.15, -0.1) is 0 Å². The second-order valence-electron chi connectivity index (χ2n) is 4.72. The molecule has 0 spiro atoms. The molecule has 1 aliphatic heterocycles. The lowest BCUT2D eigenvalue weighted by Gasteiger charge is -2.27. The third-order valence-electron chi connectivity index (χ3n) is 3.49. The van der Waals surface area contributed by atoms with Crippen molar-refractivity contribution in [1.29, 1.82) is 0 Å². The summed E-state index contributed by atoms with van der Waals surface area (Å²) in [6, 6.07) is 4.72. The van der Waals surface area contributed by atoms with E-state index in [9.17, 15) is 0 Å². The molecule has 0 bridgehead atoms. The van der Waals surface area contributed by atoms with Crippen LogP contribution in [0, 0.1) is 0 Å². The van der Waals surface area contributed by atoms with Crippen molar-refractivity contribution in [2.24, 2.45) is 0 Å². The van der Waals surface area contributed by atoms with Crippen LogP contribution in [0.25, 0.3) is 0 Å². The average molecular weight is 219 g/mol. The van der Waals surface area contributed by atoms with Gasteiger partial charge < -0.3 is 5.73 Å². The Morgan fingerprint density at radius 2 is 2.31 bits per heavy atom. The first kappa shape index (κ1) is 11.4. The van der Waals surface area contributed by atoms with Gasteiger partial charge in [0.1, 0.15) is 5.82 Å². The summed E-state index contributed by atoms with van der Waals surface area (Å²) in [6.45, 7) is 4.45. The number of nitrogens with zero attached hydrogens (tertiary/aromatic N) is 2. The molecule has 2 rings (SSSR count). The Labute approximate surface area is 97.7 Å². The molecule has 1 unspecified atom stereocenters. The quantitative estimate of drug-likeness (QED) is 0.830. The Hall–Kier alpha value is -1.09. The van der Waals surface area contributed by atoms with E-state index in [1.54, 1.807) is 6.20 Å². The number of nitrogens with two attached hydrogens (primary N) is 1. The molecule has 2 heterocycles. The second-order valence-corrected chi connectivity index (χ2v) is 4.72. The van der Waals surface area contributed by atoms with Crippen molar-refractivity contribution in [3.8, 4) is 0 Å². The molecule has 0 saturated carbocycles. The van der Waals surface area contributed by atoms with E-state index in [2.05, 4.69) is 22.9 Å². The molecular formula is C13H21N3. The normalized spacial score (nSPS) is 22.9. The predicted octanol–water partition coefficient (Wildman–Crippen LogP) is 2.43. The third kappa shape index (κ3) is 2.73. The SMILES string of the molecule is CC1CCCCCN1Cc1cccnc1N. The Bertz CT molecular complexity index is 338. The smallest absolute Gasteiger partial charge is 0.127 e. The molecule has 0 radical (unpaired) electrons. The third-order valence-corrected chi connectivity index (χ3v) is 3.49. The lowest BCUT2D eigenvalue weighted by atomic mass is 10.1. The molecule has 16 heavy (non-hydrogen) atoms. The van der Waals surface area contributed by atoms with Gasteiger partial charge >= 0.3 is 0 Å². The minimum absolute atomic E-state index is 0.669. The zero-order valence-electron chi connectivity index (χ0n) is 10.0. The summed E-state index contributed by atoms with van der Waals surface area (Å²) in [4.78, 5) is 6.67. The van der Waals surface area contributed by atoms with Gasteiger partial charge in [0.2, 0.25) is 0 Å². The fourth-order valence-electron chi connectivity index (χ4n) is 2.37. The van der Waals surface area contributed by atoms with Gasteiger partial charge in [-0.05, 0) is 32.4 Å². The van der Waals surface area contributed by atoms with Gasteiger partial charge in [-0.25, -0.2) is 4.98 Å². The molecule has 0 aliphatic carbocycles. The summed E-state index contributed by atoms with van der Waals surface area (Å²) in [5, 5.41) is 0. The van der Waals surface area contributed by atoms with E-state index in [4.69, 9.17) is 5.73 Å². The Morgan fingerprint density at radius 3 is 3.12 bits per heavy atom. The lowest BCUT2D eigenvalue weighted by molar-refractivity contribution is 0.205. The Morgan fingerprint density at radius 1 is 1.44 bits per heavy atom. The first-order valence-corrected chi connectivity index (χ1v) is 6.21. The molecule has 1 saturated heterocycles. The van der Waals surface area contributed by atoms with Crippen LogP contribution in [-0.2, 0) is 6.54 Å². The van der Waals surface area contributed by atoms with Gasteiger partial charge in [-0.1, -0.05) is 18.9 Å². The summed E-state index contributed by atoms with van der Waals surface area (Å²) < 4.78 is 0. The van der Waals surface area contributed by atoms with E-state index < -0.39 is 0 Å². The highest BCUT2D eigenvalue weighted by molar-refractivity contribution is 5.38. The molecule has 0 amide bonds. The van der Waals surface area contributed by atoms with E-state index in [1.165, 1.54) is 32.2 Å². The highest BCUT2D eigenvalue weighted by Gasteiger charge is 2.17. The first-order chi connectivity index (χ1) is 7.77. The van der Waals surface area contributed by atoms with Crippen molar-refractivity contribution in [2.45, 2.75) is 45.2 Å². The summed E-state index contributed by atoms with van der Waals surface area (Å²) in [5.74, 6) is 0.680. The largest absolute Gasteiger partial charge is 0.383 e. The van der Waals surface area contributed by atoms with Gasteiger partial charge in [-0.2, -0.15) is 0 Å². The molecule has 1 aromatic heterocycles. The summed E-state index contributed by atoms with van der Waals surface area (Å²) in [6.07, 6.45) is 7.10. The van der Waals surface area contributed by atoms with E-state index in [-0.39, 0.29) is 0 Å². The van der Waals surface area contributed by atoms with Crippen molar-refractivity contribution in [2.75, 3.05) is 12.3 Å². The minimum Gasteiger partial charge on any atom is -0.383 e. The maximum absolute atomic E-state index is 5.88. The number of rotatable bonds is 2. The van der Waals surface area contributed by atoms with Gasteiger partial charge in [0, 0.05) is 24.3 Å². The Kier molecular flexibility index (Phi) is 3.78. The monoisotopic (exact) mass is 219 g/mol. The standard InChI is InChI=1S/C13H21N3/c1-11-6-3-2-4-9-16(11)10-12-7-5-8-15-13(12)14/h5,7-8,11H,2-4,6,9-10H2,1H3,(H2,14,15). The average Bonchev–Trinajstić information content (AvgIpc) is 2.48. The molecule has 2 N–H and O–H groups in total. The summed E-state index contributed by atoms with van der Waals surface area (Å²) in [5.41, 5.74) is 7.05. The highest BCUT2D eigenvalue weighted by Crippen LogP contribution is 2.20. The van der Waals surface area contributed by atoms with Crippen LogP contribution < -0.4 is 5.73 Å². The van der Waals surface area contributed by atoms with Crippen molar-refractivity contribution < 1.29 is 0 Å². The van der Waals surface area contributed by atoms with Crippen molar-refractivity contribution in [3.05, 3.63) is 23.9 Å². The fourth-order valence-corrected chi connectivity index (χ4v) is 2.37. The number of hydrogen-bond donors (Lipinski definition) is 1. The molecule has 0 aromatic carbocycles. The van der Waals surface area contributed by atoms with Gasteiger partial charge in [0.15, 0.2) is 0 Å². The zero-order chi connectivity index (χ0) is 11.4. The molecule has 88 valence electrons. The maximum Gasteiger partial charge on any atom is 0.127 e. The van der Waals surface area contributed by atoms with Crippen molar-refractivity contribution in [1.82, 2.24) is 9.88 Å². The van der Waals surface area contributed by atoms with E-state index in [0.29, 0.717) is 11.9 Å². The number of nitrogen functional groups attached to an aromatic ring is 1. The minimum atomic E-state index is 0.669. The number of likely N-dealkylation sites (tertiary alicyclic amines) is 1. The van der Waals surface area contributed by atoms with Crippen LogP contribution in [-0.4, -0.2) is 22.5 Å². The predicted molar refractivity (Wildman–Crippen MR) is 67.0 cm³/mol. The molecule has 1 aliphatic rings. The van der Waals surface area contributed by atoms with Gasteiger partial charge in [-0.3, -0.25) is 4.90 Å². The summed E-state index contributed by atoms with van der Waals surface area (Å²) >= 11 is 0. The van der Waals surface area contributed by atoms with E-state index >= 15 is 0 Å². The lowest BCUT2D eigenvalue weighted by Crippen LogP contribution is -2.32. The van der Waals surface area contributed by atoms with Crippen LogP contribution in [0.15, 0.2) is 18.3 Å².